The Bertz CT molecular complexity index is 701. The second-order valence-electron chi connectivity index (χ2n) is 7.56. The molecule has 2 heterocycles. The number of nitriles is 1. The quantitative estimate of drug-likeness (QED) is 0.721. The summed E-state index contributed by atoms with van der Waals surface area (Å²) in [6.07, 6.45) is 1.83. The Labute approximate surface area is 165 Å². The molecule has 3 atom stereocenters. The predicted octanol–water partition coefficient (Wildman–Crippen LogP) is 1.87. The number of carbonyl (C=O) groups is 1. The Kier molecular flexibility index (Phi) is 6.90. The number of hydrogen-bond donors (Lipinski definition) is 1. The van der Waals surface area contributed by atoms with Crippen molar-refractivity contribution >= 4 is 6.09 Å². The van der Waals surface area contributed by atoms with Crippen LogP contribution in [0.2, 0.25) is 0 Å². The summed E-state index contributed by atoms with van der Waals surface area (Å²) in [6.45, 7) is 7.66. The molecular formula is C21H27N3O4. The number of fused-ring (bicyclic) bond motifs is 2. The molecule has 7 nitrogen and oxygen atoms in total. The molecule has 0 radical (unpaired) electrons. The average molecular weight is 385 g/mol. The topological polar surface area (TPSA) is 86.0 Å². The van der Waals surface area contributed by atoms with E-state index in [4.69, 9.17) is 14.7 Å². The molecule has 2 fully saturated rings. The van der Waals surface area contributed by atoms with E-state index in [9.17, 15) is 9.90 Å². The molecule has 0 aromatic heterocycles. The fourth-order valence-corrected chi connectivity index (χ4v) is 4.08. The second kappa shape index (κ2) is 9.58. The Morgan fingerprint density at radius 3 is 2.57 bits per heavy atom. The van der Waals surface area contributed by atoms with Crippen LogP contribution in [0.25, 0.3) is 0 Å². The minimum absolute atomic E-state index is 0.206. The van der Waals surface area contributed by atoms with Crippen LogP contribution in [0.15, 0.2) is 36.9 Å². The average Bonchev–Trinajstić information content (AvgIpc) is 2.70. The van der Waals surface area contributed by atoms with Gasteiger partial charge in [0.25, 0.3) is 0 Å². The first kappa shape index (κ1) is 20.2. The minimum Gasteiger partial charge on any atom is -0.491 e. The maximum Gasteiger partial charge on any atom is 0.410 e. The number of carbonyl (C=O) groups excluding carboxylic acids is 1. The monoisotopic (exact) mass is 385 g/mol. The van der Waals surface area contributed by atoms with Crippen molar-refractivity contribution in [3.8, 4) is 11.8 Å². The zero-order chi connectivity index (χ0) is 19.9. The van der Waals surface area contributed by atoms with E-state index in [2.05, 4.69) is 17.5 Å². The highest BCUT2D eigenvalue weighted by Crippen LogP contribution is 2.29. The summed E-state index contributed by atoms with van der Waals surface area (Å²) in [7, 11) is 0. The van der Waals surface area contributed by atoms with E-state index in [1.807, 2.05) is 0 Å². The number of aliphatic hydroxyl groups is 1. The van der Waals surface area contributed by atoms with E-state index in [-0.39, 0.29) is 19.3 Å². The Morgan fingerprint density at radius 2 is 1.96 bits per heavy atom. The number of rotatable bonds is 7. The number of β-amino-alcohol motifs (C(OH)–C–C–N with tert-alkyl or cyclic N) is 1. The number of amides is 1. The van der Waals surface area contributed by atoms with Crippen molar-refractivity contribution in [1.82, 2.24) is 9.80 Å². The van der Waals surface area contributed by atoms with E-state index >= 15 is 0 Å². The summed E-state index contributed by atoms with van der Waals surface area (Å²) in [6, 6.07) is 8.92. The lowest BCUT2D eigenvalue weighted by molar-refractivity contribution is -0.000366. The highest BCUT2D eigenvalue weighted by atomic mass is 16.6. The van der Waals surface area contributed by atoms with Crippen molar-refractivity contribution < 1.29 is 19.4 Å². The molecule has 2 aliphatic rings. The third-order valence-corrected chi connectivity index (χ3v) is 5.13. The van der Waals surface area contributed by atoms with Gasteiger partial charge in [0.15, 0.2) is 0 Å². The van der Waals surface area contributed by atoms with Crippen LogP contribution in [0.5, 0.6) is 5.75 Å². The summed E-state index contributed by atoms with van der Waals surface area (Å²) in [5, 5.41) is 19.2. The smallest absolute Gasteiger partial charge is 0.410 e. The molecule has 1 amide bonds. The number of likely N-dealkylation sites (tertiary alicyclic amines) is 2. The first-order chi connectivity index (χ1) is 13.6. The number of aliphatic hydroxyl groups excluding tert-OH is 1. The Balaban J connectivity index is 1.43. The van der Waals surface area contributed by atoms with Crippen LogP contribution >= 0.6 is 0 Å². The van der Waals surface area contributed by atoms with Gasteiger partial charge >= 0.3 is 6.09 Å². The summed E-state index contributed by atoms with van der Waals surface area (Å²) >= 11 is 0. The third kappa shape index (κ3) is 5.47. The third-order valence-electron chi connectivity index (χ3n) is 5.13. The van der Waals surface area contributed by atoms with Gasteiger partial charge in [-0.15, -0.1) is 0 Å². The predicted molar refractivity (Wildman–Crippen MR) is 104 cm³/mol. The molecule has 7 heteroatoms. The number of ether oxygens (including phenoxy) is 2. The van der Waals surface area contributed by atoms with Gasteiger partial charge in [-0.1, -0.05) is 12.7 Å². The standard InChI is InChI=1S/C21H27N3O4/c1-2-7-27-21(26)24-12-17-8-18(13-24)11-23(10-17)14-19(25)15-28-20-5-3-16(9-22)4-6-20/h2-6,17-19,25H,1,7-8,10-15H2. The zero-order valence-corrected chi connectivity index (χ0v) is 16.0. The molecule has 1 aromatic rings. The van der Waals surface area contributed by atoms with Crippen molar-refractivity contribution in [1.29, 1.82) is 5.26 Å². The fraction of sp³-hybridized carbons (Fsp3) is 0.524. The lowest BCUT2D eigenvalue weighted by atomic mass is 9.84. The van der Waals surface area contributed by atoms with Crippen molar-refractivity contribution in [3.63, 3.8) is 0 Å². The van der Waals surface area contributed by atoms with Crippen LogP contribution in [-0.2, 0) is 4.74 Å². The first-order valence-corrected chi connectivity index (χ1v) is 9.63. The molecule has 28 heavy (non-hydrogen) atoms. The van der Waals surface area contributed by atoms with Crippen molar-refractivity contribution in [2.24, 2.45) is 11.8 Å². The van der Waals surface area contributed by atoms with Crippen molar-refractivity contribution in [2.75, 3.05) is 45.9 Å². The SMILES string of the molecule is C=CCOC(=O)N1CC2CC(CN(CC(O)COc3ccc(C#N)cc3)C2)C1. The molecule has 2 bridgehead atoms. The van der Waals surface area contributed by atoms with Crippen LogP contribution in [0.1, 0.15) is 12.0 Å². The number of piperidine rings is 2. The first-order valence-electron chi connectivity index (χ1n) is 9.63. The van der Waals surface area contributed by atoms with E-state index in [0.717, 1.165) is 19.5 Å². The fourth-order valence-electron chi connectivity index (χ4n) is 4.08. The lowest BCUT2D eigenvalue weighted by Crippen LogP contribution is -2.55. The Hall–Kier alpha value is -2.56. The molecule has 1 aromatic carbocycles. The maximum atomic E-state index is 12.1. The molecule has 0 saturated carbocycles. The minimum atomic E-state index is -0.594. The highest BCUT2D eigenvalue weighted by molar-refractivity contribution is 5.67. The van der Waals surface area contributed by atoms with Gasteiger partial charge in [0.1, 0.15) is 25.1 Å². The van der Waals surface area contributed by atoms with Crippen LogP contribution in [0.4, 0.5) is 4.79 Å². The van der Waals surface area contributed by atoms with E-state index in [1.165, 1.54) is 0 Å². The van der Waals surface area contributed by atoms with Crippen LogP contribution in [-0.4, -0.2) is 73.0 Å². The van der Waals surface area contributed by atoms with Gasteiger partial charge in [0.2, 0.25) is 0 Å². The molecular weight excluding hydrogens is 358 g/mol. The molecule has 3 unspecified atom stereocenters. The van der Waals surface area contributed by atoms with Crippen molar-refractivity contribution in [2.45, 2.75) is 12.5 Å². The van der Waals surface area contributed by atoms with Gasteiger partial charge in [-0.2, -0.15) is 5.26 Å². The molecule has 3 rings (SSSR count). The van der Waals surface area contributed by atoms with Gasteiger partial charge < -0.3 is 19.5 Å². The van der Waals surface area contributed by atoms with Crippen LogP contribution < -0.4 is 4.74 Å². The number of benzene rings is 1. The number of nitrogens with zero attached hydrogens (tertiary/aromatic N) is 3. The van der Waals surface area contributed by atoms with Crippen LogP contribution in [0.3, 0.4) is 0 Å². The largest absolute Gasteiger partial charge is 0.491 e. The molecule has 0 spiro atoms. The normalized spacial score (nSPS) is 22.8. The molecule has 2 saturated heterocycles. The van der Waals surface area contributed by atoms with E-state index < -0.39 is 6.10 Å². The maximum absolute atomic E-state index is 12.1. The number of hydrogen-bond acceptors (Lipinski definition) is 6. The van der Waals surface area contributed by atoms with Gasteiger partial charge in [0, 0.05) is 32.7 Å². The zero-order valence-electron chi connectivity index (χ0n) is 16.0. The van der Waals surface area contributed by atoms with Gasteiger partial charge in [-0.05, 0) is 42.5 Å². The van der Waals surface area contributed by atoms with Crippen LogP contribution in [0, 0.1) is 23.2 Å². The van der Waals surface area contributed by atoms with Gasteiger partial charge in [-0.3, -0.25) is 4.90 Å². The summed E-state index contributed by atoms with van der Waals surface area (Å²) in [5.74, 6) is 1.44. The molecule has 0 aliphatic carbocycles. The van der Waals surface area contributed by atoms with Crippen molar-refractivity contribution in [3.05, 3.63) is 42.5 Å². The van der Waals surface area contributed by atoms with Gasteiger partial charge in [0.05, 0.1) is 11.6 Å². The summed E-state index contributed by atoms with van der Waals surface area (Å²) in [5.41, 5.74) is 0.579. The molecule has 2 aliphatic heterocycles. The molecule has 150 valence electrons. The summed E-state index contributed by atoms with van der Waals surface area (Å²) < 4.78 is 10.8. The molecule has 1 N–H and O–H groups in total. The Morgan fingerprint density at radius 1 is 1.29 bits per heavy atom. The second-order valence-corrected chi connectivity index (χ2v) is 7.56. The van der Waals surface area contributed by atoms with E-state index in [0.29, 0.717) is 42.8 Å². The highest BCUT2D eigenvalue weighted by Gasteiger charge is 2.36. The van der Waals surface area contributed by atoms with E-state index in [1.54, 1.807) is 35.2 Å². The van der Waals surface area contributed by atoms with Gasteiger partial charge in [-0.25, -0.2) is 4.79 Å². The summed E-state index contributed by atoms with van der Waals surface area (Å²) in [4.78, 5) is 16.1. The lowest BCUT2D eigenvalue weighted by Gasteiger charge is -2.45.